The minimum Gasteiger partial charge on any atom is -0.429 e. The van der Waals surface area contributed by atoms with Gasteiger partial charge in [-0.3, -0.25) is 0 Å². The van der Waals surface area contributed by atoms with E-state index in [9.17, 15) is 5.21 Å². The van der Waals surface area contributed by atoms with Crippen LogP contribution in [0.5, 0.6) is 0 Å². The van der Waals surface area contributed by atoms with Crippen molar-refractivity contribution in [2.45, 2.75) is 26.7 Å². The number of rotatable bonds is 2. The molecule has 0 bridgehead atoms. The van der Waals surface area contributed by atoms with E-state index in [-0.39, 0.29) is 0 Å². The topological polar surface area (TPSA) is 25.2 Å². The van der Waals surface area contributed by atoms with Crippen molar-refractivity contribution < 1.29 is 5.21 Å². The molecule has 0 saturated carbocycles. The van der Waals surface area contributed by atoms with Crippen molar-refractivity contribution >= 4 is 0 Å². The van der Waals surface area contributed by atoms with Crippen LogP contribution in [0, 0.1) is 0 Å². The van der Waals surface area contributed by atoms with Gasteiger partial charge in [0.25, 0.3) is 0 Å². The van der Waals surface area contributed by atoms with Crippen molar-refractivity contribution in [2.75, 3.05) is 0 Å². The zero-order chi connectivity index (χ0) is 7.56. The summed E-state index contributed by atoms with van der Waals surface area (Å²) in [6, 6.07) is 1.96. The molecular weight excluding hydrogens is 126 g/mol. The summed E-state index contributed by atoms with van der Waals surface area (Å²) >= 11 is 0. The third-order valence-corrected chi connectivity index (χ3v) is 1.78. The smallest absolute Gasteiger partial charge is 0.0596 e. The Hall–Kier alpha value is -0.920. The largest absolute Gasteiger partial charge is 0.429 e. The third kappa shape index (κ3) is 1.01. The second-order valence-corrected chi connectivity index (χ2v) is 2.34. The molecule has 10 heavy (non-hydrogen) atoms. The van der Waals surface area contributed by atoms with Gasteiger partial charge in [-0.05, 0) is 24.5 Å². The highest BCUT2D eigenvalue weighted by molar-refractivity contribution is 5.21. The molecule has 56 valence electrons. The summed E-state index contributed by atoms with van der Waals surface area (Å²) < 4.78 is 1.21. The fraction of sp³-hybridized carbons (Fsp3) is 0.500. The van der Waals surface area contributed by atoms with Gasteiger partial charge in [0, 0.05) is 6.20 Å². The average Bonchev–Trinajstić information content (AvgIpc) is 2.30. The average molecular weight is 139 g/mol. The Labute approximate surface area is 61.1 Å². The molecule has 0 aliphatic carbocycles. The quantitative estimate of drug-likeness (QED) is 0.621. The van der Waals surface area contributed by atoms with E-state index in [0.29, 0.717) is 0 Å². The van der Waals surface area contributed by atoms with Crippen LogP contribution in [-0.2, 0) is 12.8 Å². The lowest BCUT2D eigenvalue weighted by molar-refractivity contribution is 0.178. The lowest BCUT2D eigenvalue weighted by Gasteiger charge is -1.99. The molecule has 0 radical (unpaired) electrons. The van der Waals surface area contributed by atoms with E-state index in [1.54, 1.807) is 6.20 Å². The number of aryl methyl sites for hydroxylation is 1. The van der Waals surface area contributed by atoms with Crippen molar-refractivity contribution in [1.29, 1.82) is 0 Å². The molecule has 0 unspecified atom stereocenters. The van der Waals surface area contributed by atoms with Crippen LogP contribution >= 0.6 is 0 Å². The van der Waals surface area contributed by atoms with Gasteiger partial charge in [0.05, 0.1) is 5.69 Å². The predicted octanol–water partition coefficient (Wildman–Crippen LogP) is 1.85. The molecule has 0 fully saturated rings. The Balaban J connectivity index is 3.01. The first-order chi connectivity index (χ1) is 4.79. The molecule has 2 heteroatoms. The van der Waals surface area contributed by atoms with E-state index in [4.69, 9.17) is 0 Å². The lowest BCUT2D eigenvalue weighted by Crippen LogP contribution is -1.96. The van der Waals surface area contributed by atoms with Crippen LogP contribution in [0.15, 0.2) is 12.3 Å². The Kier molecular flexibility index (Phi) is 2.00. The first kappa shape index (κ1) is 7.19. The molecule has 0 spiro atoms. The molecule has 1 aromatic rings. The summed E-state index contributed by atoms with van der Waals surface area (Å²) in [7, 11) is 0. The van der Waals surface area contributed by atoms with Crippen LogP contribution in [0.3, 0.4) is 0 Å². The van der Waals surface area contributed by atoms with Crippen molar-refractivity contribution in [2.24, 2.45) is 0 Å². The highest BCUT2D eigenvalue weighted by atomic mass is 16.5. The van der Waals surface area contributed by atoms with Gasteiger partial charge in [-0.25, -0.2) is 0 Å². The van der Waals surface area contributed by atoms with Crippen LogP contribution in [0.25, 0.3) is 0 Å². The summed E-state index contributed by atoms with van der Waals surface area (Å²) in [4.78, 5) is 0. The standard InChI is InChI=1S/C8H13NO/c1-3-7-5-6-9(10)8(7)4-2/h5-6,10H,3-4H2,1-2H3. The molecule has 0 amide bonds. The monoisotopic (exact) mass is 139 g/mol. The normalized spacial score (nSPS) is 10.2. The molecular formula is C8H13NO. The molecule has 1 rings (SSSR count). The van der Waals surface area contributed by atoms with E-state index in [1.807, 2.05) is 13.0 Å². The maximum Gasteiger partial charge on any atom is 0.0596 e. The van der Waals surface area contributed by atoms with Gasteiger partial charge in [0.15, 0.2) is 0 Å². The molecule has 1 aromatic heterocycles. The molecule has 0 saturated heterocycles. The summed E-state index contributed by atoms with van der Waals surface area (Å²) in [5, 5.41) is 9.18. The van der Waals surface area contributed by atoms with Crippen LogP contribution in [0.2, 0.25) is 0 Å². The minimum absolute atomic E-state index is 0.896. The predicted molar refractivity (Wildman–Crippen MR) is 40.4 cm³/mol. The highest BCUT2D eigenvalue weighted by Gasteiger charge is 2.02. The fourth-order valence-electron chi connectivity index (χ4n) is 1.20. The zero-order valence-electron chi connectivity index (χ0n) is 6.46. The van der Waals surface area contributed by atoms with Crippen molar-refractivity contribution in [3.63, 3.8) is 0 Å². The Morgan fingerprint density at radius 3 is 2.50 bits per heavy atom. The number of aromatic nitrogens is 1. The van der Waals surface area contributed by atoms with Gasteiger partial charge in [0.1, 0.15) is 0 Å². The SMILES string of the molecule is CCc1ccn(O)c1CC. The summed E-state index contributed by atoms with van der Waals surface area (Å²) in [6.45, 7) is 4.13. The van der Waals surface area contributed by atoms with Crippen LogP contribution < -0.4 is 0 Å². The molecule has 1 N–H and O–H groups in total. The molecule has 0 aliphatic rings. The molecule has 0 aliphatic heterocycles. The Morgan fingerprint density at radius 2 is 2.10 bits per heavy atom. The van der Waals surface area contributed by atoms with E-state index in [0.717, 1.165) is 18.5 Å². The summed E-state index contributed by atoms with van der Waals surface area (Å²) in [6.07, 6.45) is 3.58. The molecule has 1 heterocycles. The van der Waals surface area contributed by atoms with Crippen molar-refractivity contribution in [3.8, 4) is 0 Å². The second kappa shape index (κ2) is 2.78. The van der Waals surface area contributed by atoms with Crippen LogP contribution in [0.1, 0.15) is 25.1 Å². The summed E-state index contributed by atoms with van der Waals surface area (Å²) in [5.41, 5.74) is 2.27. The second-order valence-electron chi connectivity index (χ2n) is 2.34. The molecule has 0 aromatic carbocycles. The lowest BCUT2D eigenvalue weighted by atomic mass is 10.1. The van der Waals surface area contributed by atoms with Gasteiger partial charge in [-0.15, -0.1) is 0 Å². The number of hydrogen-bond acceptors (Lipinski definition) is 1. The molecule has 0 atom stereocenters. The first-order valence-corrected chi connectivity index (χ1v) is 3.68. The Morgan fingerprint density at radius 1 is 1.40 bits per heavy atom. The molecule has 2 nitrogen and oxygen atoms in total. The van der Waals surface area contributed by atoms with E-state index in [2.05, 4.69) is 6.92 Å². The Bertz CT molecular complexity index is 215. The number of nitrogens with zero attached hydrogens (tertiary/aromatic N) is 1. The van der Waals surface area contributed by atoms with Gasteiger partial charge >= 0.3 is 0 Å². The van der Waals surface area contributed by atoms with Gasteiger partial charge < -0.3 is 5.21 Å². The maximum absolute atomic E-state index is 9.18. The van der Waals surface area contributed by atoms with Crippen molar-refractivity contribution in [1.82, 2.24) is 4.73 Å². The van der Waals surface area contributed by atoms with Gasteiger partial charge in [0.2, 0.25) is 0 Å². The van der Waals surface area contributed by atoms with E-state index < -0.39 is 0 Å². The fourth-order valence-corrected chi connectivity index (χ4v) is 1.20. The third-order valence-electron chi connectivity index (χ3n) is 1.78. The summed E-state index contributed by atoms with van der Waals surface area (Å²) in [5.74, 6) is 0. The van der Waals surface area contributed by atoms with Crippen LogP contribution in [0.4, 0.5) is 0 Å². The maximum atomic E-state index is 9.18. The van der Waals surface area contributed by atoms with Gasteiger partial charge in [-0.1, -0.05) is 13.8 Å². The zero-order valence-corrected chi connectivity index (χ0v) is 6.46. The highest BCUT2D eigenvalue weighted by Crippen LogP contribution is 2.10. The van der Waals surface area contributed by atoms with E-state index >= 15 is 0 Å². The van der Waals surface area contributed by atoms with Crippen molar-refractivity contribution in [3.05, 3.63) is 23.5 Å². The minimum atomic E-state index is 0.896. The van der Waals surface area contributed by atoms with Crippen LogP contribution in [-0.4, -0.2) is 9.94 Å². The van der Waals surface area contributed by atoms with Gasteiger partial charge in [-0.2, -0.15) is 4.73 Å². The number of hydrogen-bond donors (Lipinski definition) is 1. The van der Waals surface area contributed by atoms with E-state index in [1.165, 1.54) is 10.3 Å². The first-order valence-electron chi connectivity index (χ1n) is 3.68.